The molecule has 1 heterocycles. The topological polar surface area (TPSA) is 48.1 Å². The number of aromatic nitrogens is 1. The molecule has 0 bridgehead atoms. The molecule has 17 heavy (non-hydrogen) atoms. The molecule has 2 N–H and O–H groups in total. The Morgan fingerprint density at radius 2 is 2.12 bits per heavy atom. The summed E-state index contributed by atoms with van der Waals surface area (Å²) in [7, 11) is 0. The molecule has 1 aromatic heterocycles. The van der Waals surface area contributed by atoms with Crippen molar-refractivity contribution in [2.75, 3.05) is 5.73 Å². The van der Waals surface area contributed by atoms with E-state index in [9.17, 15) is 4.39 Å². The number of hydrogen-bond acceptors (Lipinski definition) is 3. The summed E-state index contributed by atoms with van der Waals surface area (Å²) in [5.41, 5.74) is 6.69. The van der Waals surface area contributed by atoms with Crippen LogP contribution in [0.4, 0.5) is 10.1 Å². The molecule has 0 saturated heterocycles. The Balaban J connectivity index is 2.30. The largest absolute Gasteiger partial charge is 0.454 e. The fraction of sp³-hybridized carbons (Fsp3) is 0.0833. The van der Waals surface area contributed by atoms with Gasteiger partial charge < -0.3 is 10.5 Å². The van der Waals surface area contributed by atoms with Crippen LogP contribution in [-0.2, 0) is 0 Å². The maximum absolute atomic E-state index is 13.1. The van der Waals surface area contributed by atoms with Gasteiger partial charge in [0.05, 0.1) is 16.9 Å². The molecule has 0 radical (unpaired) electrons. The summed E-state index contributed by atoms with van der Waals surface area (Å²) >= 11 is 5.65. The average Bonchev–Trinajstić information content (AvgIpc) is 2.29. The molecule has 0 amide bonds. The van der Waals surface area contributed by atoms with Crippen LogP contribution < -0.4 is 10.5 Å². The van der Waals surface area contributed by atoms with Crippen molar-refractivity contribution in [3.63, 3.8) is 0 Å². The molecule has 3 nitrogen and oxygen atoms in total. The van der Waals surface area contributed by atoms with Crippen LogP contribution >= 0.6 is 11.6 Å². The quantitative estimate of drug-likeness (QED) is 0.832. The summed E-state index contributed by atoms with van der Waals surface area (Å²) in [4.78, 5) is 4.07. The fourth-order valence-electron chi connectivity index (χ4n) is 1.27. The first-order valence-electron chi connectivity index (χ1n) is 4.91. The number of rotatable bonds is 2. The zero-order valence-corrected chi connectivity index (χ0v) is 9.83. The van der Waals surface area contributed by atoms with Gasteiger partial charge in [0.25, 0.3) is 0 Å². The lowest BCUT2D eigenvalue weighted by molar-refractivity contribution is 0.480. The smallest absolute Gasteiger partial charge is 0.152 e. The number of benzene rings is 1. The predicted octanol–water partition coefficient (Wildman–Crippen LogP) is 3.56. The minimum absolute atomic E-state index is 0.0331. The van der Waals surface area contributed by atoms with Crippen molar-refractivity contribution in [2.24, 2.45) is 0 Å². The number of aryl methyl sites for hydroxylation is 1. The molecule has 0 aliphatic rings. The standard InChI is InChI=1S/C12H10ClFN2O/c1-7-2-3-8(6-16-7)17-12-4-9(13)10(14)5-11(12)15/h2-6H,15H2,1H3. The molecular formula is C12H10ClFN2O. The summed E-state index contributed by atoms with van der Waals surface area (Å²) in [5.74, 6) is 0.255. The van der Waals surface area contributed by atoms with Crippen LogP contribution in [0.2, 0.25) is 5.02 Å². The van der Waals surface area contributed by atoms with Crippen molar-refractivity contribution in [1.82, 2.24) is 4.98 Å². The van der Waals surface area contributed by atoms with Gasteiger partial charge >= 0.3 is 0 Å². The number of anilines is 1. The Morgan fingerprint density at radius 1 is 1.35 bits per heavy atom. The van der Waals surface area contributed by atoms with E-state index in [0.717, 1.165) is 11.8 Å². The normalized spacial score (nSPS) is 10.3. The van der Waals surface area contributed by atoms with E-state index >= 15 is 0 Å². The second kappa shape index (κ2) is 4.59. The maximum atomic E-state index is 13.1. The van der Waals surface area contributed by atoms with E-state index in [1.165, 1.54) is 6.07 Å². The molecule has 2 rings (SSSR count). The molecule has 0 atom stereocenters. The zero-order chi connectivity index (χ0) is 12.4. The van der Waals surface area contributed by atoms with Gasteiger partial charge in [0.2, 0.25) is 0 Å². The highest BCUT2D eigenvalue weighted by Crippen LogP contribution is 2.31. The van der Waals surface area contributed by atoms with Crippen molar-refractivity contribution < 1.29 is 9.13 Å². The van der Waals surface area contributed by atoms with Crippen molar-refractivity contribution in [3.05, 3.63) is 47.0 Å². The third-order valence-corrected chi connectivity index (χ3v) is 2.45. The molecule has 0 aliphatic heterocycles. The Bertz CT molecular complexity index is 543. The minimum Gasteiger partial charge on any atom is -0.454 e. The first kappa shape index (κ1) is 11.7. The number of hydrogen-bond donors (Lipinski definition) is 1. The van der Waals surface area contributed by atoms with Crippen LogP contribution in [0.15, 0.2) is 30.5 Å². The lowest BCUT2D eigenvalue weighted by Gasteiger charge is -2.09. The first-order chi connectivity index (χ1) is 8.06. The van der Waals surface area contributed by atoms with Gasteiger partial charge in [-0.1, -0.05) is 11.6 Å². The molecule has 88 valence electrons. The first-order valence-corrected chi connectivity index (χ1v) is 5.29. The van der Waals surface area contributed by atoms with E-state index in [1.54, 1.807) is 18.3 Å². The van der Waals surface area contributed by atoms with Gasteiger partial charge in [-0.25, -0.2) is 4.39 Å². The molecule has 2 aromatic rings. The number of nitrogens with zero attached hydrogens (tertiary/aromatic N) is 1. The van der Waals surface area contributed by atoms with Crippen LogP contribution in [0, 0.1) is 12.7 Å². The van der Waals surface area contributed by atoms with Crippen LogP contribution in [0.1, 0.15) is 5.69 Å². The summed E-state index contributed by atoms with van der Waals surface area (Å²) in [6, 6.07) is 6.01. The Morgan fingerprint density at radius 3 is 2.76 bits per heavy atom. The molecule has 0 saturated carbocycles. The van der Waals surface area contributed by atoms with Crippen molar-refractivity contribution in [2.45, 2.75) is 6.92 Å². The minimum atomic E-state index is -0.571. The lowest BCUT2D eigenvalue weighted by Crippen LogP contribution is -1.94. The zero-order valence-electron chi connectivity index (χ0n) is 9.08. The van der Waals surface area contributed by atoms with E-state index < -0.39 is 5.82 Å². The average molecular weight is 253 g/mol. The van der Waals surface area contributed by atoms with E-state index in [2.05, 4.69) is 4.98 Å². The Kier molecular flexibility index (Phi) is 3.15. The predicted molar refractivity (Wildman–Crippen MR) is 64.9 cm³/mol. The number of halogens is 2. The highest BCUT2D eigenvalue weighted by atomic mass is 35.5. The van der Waals surface area contributed by atoms with Gasteiger partial charge in [-0.2, -0.15) is 0 Å². The van der Waals surface area contributed by atoms with Gasteiger partial charge in [0.1, 0.15) is 11.6 Å². The maximum Gasteiger partial charge on any atom is 0.152 e. The second-order valence-corrected chi connectivity index (χ2v) is 3.95. The number of ether oxygens (including phenoxy) is 1. The SMILES string of the molecule is Cc1ccc(Oc2cc(Cl)c(F)cc2N)cn1. The van der Waals surface area contributed by atoms with Crippen LogP contribution in [0.5, 0.6) is 11.5 Å². The second-order valence-electron chi connectivity index (χ2n) is 3.54. The summed E-state index contributed by atoms with van der Waals surface area (Å²) in [5, 5.41) is -0.0331. The van der Waals surface area contributed by atoms with E-state index in [1.807, 2.05) is 6.92 Å². The van der Waals surface area contributed by atoms with Gasteiger partial charge in [-0.15, -0.1) is 0 Å². The van der Waals surface area contributed by atoms with Crippen molar-refractivity contribution in [3.8, 4) is 11.5 Å². The van der Waals surface area contributed by atoms with Crippen molar-refractivity contribution in [1.29, 1.82) is 0 Å². The number of pyridine rings is 1. The summed E-state index contributed by atoms with van der Waals surface area (Å²) in [6.45, 7) is 1.87. The number of nitrogens with two attached hydrogens (primary N) is 1. The number of nitrogen functional groups attached to an aromatic ring is 1. The summed E-state index contributed by atoms with van der Waals surface area (Å²) < 4.78 is 18.5. The van der Waals surface area contributed by atoms with Crippen molar-refractivity contribution >= 4 is 17.3 Å². The highest BCUT2D eigenvalue weighted by Gasteiger charge is 2.08. The van der Waals surface area contributed by atoms with E-state index in [0.29, 0.717) is 11.5 Å². The van der Waals surface area contributed by atoms with Gasteiger partial charge in [0, 0.05) is 17.8 Å². The van der Waals surface area contributed by atoms with E-state index in [4.69, 9.17) is 22.1 Å². The summed E-state index contributed by atoms with van der Waals surface area (Å²) in [6.07, 6.45) is 1.56. The molecule has 0 fully saturated rings. The lowest BCUT2D eigenvalue weighted by atomic mass is 10.3. The van der Waals surface area contributed by atoms with Gasteiger partial charge in [-0.05, 0) is 19.1 Å². The highest BCUT2D eigenvalue weighted by molar-refractivity contribution is 6.31. The van der Waals surface area contributed by atoms with Gasteiger partial charge in [-0.3, -0.25) is 4.98 Å². The third-order valence-electron chi connectivity index (χ3n) is 2.16. The molecule has 5 heteroatoms. The monoisotopic (exact) mass is 252 g/mol. The molecule has 0 unspecified atom stereocenters. The van der Waals surface area contributed by atoms with Gasteiger partial charge in [0.15, 0.2) is 5.75 Å². The van der Waals surface area contributed by atoms with Crippen LogP contribution in [-0.4, -0.2) is 4.98 Å². The molecule has 0 spiro atoms. The molecule has 0 aliphatic carbocycles. The Hall–Kier alpha value is -1.81. The molecular weight excluding hydrogens is 243 g/mol. The molecule has 1 aromatic carbocycles. The van der Waals surface area contributed by atoms with Crippen LogP contribution in [0.25, 0.3) is 0 Å². The van der Waals surface area contributed by atoms with E-state index in [-0.39, 0.29) is 10.7 Å². The Labute approximate surface area is 103 Å². The van der Waals surface area contributed by atoms with Crippen LogP contribution in [0.3, 0.4) is 0 Å². The fourth-order valence-corrected chi connectivity index (χ4v) is 1.43. The third kappa shape index (κ3) is 2.65.